The Morgan fingerprint density at radius 3 is 2.83 bits per heavy atom. The molecule has 0 aliphatic heterocycles. The molecule has 0 unspecified atom stereocenters. The van der Waals surface area contributed by atoms with Gasteiger partial charge in [0.2, 0.25) is 0 Å². The Morgan fingerprint density at radius 2 is 2.17 bits per heavy atom. The molecule has 0 atom stereocenters. The van der Waals surface area contributed by atoms with Gasteiger partial charge in [0.1, 0.15) is 0 Å². The highest BCUT2D eigenvalue weighted by atomic mass is 14.8. The molecule has 0 aliphatic carbocycles. The second-order valence-corrected chi connectivity index (χ2v) is 2.44. The lowest BCUT2D eigenvalue weighted by molar-refractivity contribution is 0.698. The van der Waals surface area contributed by atoms with Gasteiger partial charge in [-0.3, -0.25) is 4.98 Å². The van der Waals surface area contributed by atoms with Crippen LogP contribution in [0.3, 0.4) is 0 Å². The van der Waals surface area contributed by atoms with E-state index in [4.69, 9.17) is 5.26 Å². The van der Waals surface area contributed by atoms with E-state index in [1.165, 1.54) is 5.56 Å². The number of nitriles is 1. The van der Waals surface area contributed by atoms with Gasteiger partial charge >= 0.3 is 0 Å². The van der Waals surface area contributed by atoms with Crippen molar-refractivity contribution in [1.29, 1.82) is 5.26 Å². The highest BCUT2D eigenvalue weighted by Gasteiger charge is 1.89. The third kappa shape index (κ3) is 3.13. The molecular weight excluding hydrogens is 150 g/mol. The van der Waals surface area contributed by atoms with Crippen molar-refractivity contribution in [1.82, 2.24) is 10.3 Å². The van der Waals surface area contributed by atoms with Crippen molar-refractivity contribution >= 4 is 0 Å². The summed E-state index contributed by atoms with van der Waals surface area (Å²) >= 11 is 0. The number of hydrogen-bond donors (Lipinski definition) is 1. The van der Waals surface area contributed by atoms with Crippen molar-refractivity contribution in [2.45, 2.75) is 13.0 Å². The minimum atomic E-state index is 0.561. The van der Waals surface area contributed by atoms with Gasteiger partial charge in [-0.1, -0.05) is 0 Å². The van der Waals surface area contributed by atoms with Gasteiger partial charge in [0.05, 0.1) is 6.07 Å². The molecule has 62 valence electrons. The molecule has 3 heteroatoms. The molecular formula is C9H11N3. The molecule has 0 aliphatic rings. The molecule has 3 nitrogen and oxygen atoms in total. The van der Waals surface area contributed by atoms with E-state index in [0.29, 0.717) is 6.42 Å². The van der Waals surface area contributed by atoms with Crippen molar-refractivity contribution in [2.24, 2.45) is 0 Å². The van der Waals surface area contributed by atoms with E-state index in [9.17, 15) is 0 Å². The quantitative estimate of drug-likeness (QED) is 0.672. The standard InChI is InChI=1S/C9H11N3/c10-4-1-5-12-8-9-2-6-11-7-3-9/h2-3,6-7,12H,1,5,8H2. The molecule has 1 aromatic rings. The van der Waals surface area contributed by atoms with E-state index in [1.54, 1.807) is 12.4 Å². The van der Waals surface area contributed by atoms with Gasteiger partial charge in [-0.15, -0.1) is 0 Å². The van der Waals surface area contributed by atoms with Crippen LogP contribution in [0.4, 0.5) is 0 Å². The molecule has 0 spiro atoms. The maximum Gasteiger partial charge on any atom is 0.0635 e. The summed E-state index contributed by atoms with van der Waals surface area (Å²) in [6.45, 7) is 1.56. The number of hydrogen-bond acceptors (Lipinski definition) is 3. The summed E-state index contributed by atoms with van der Waals surface area (Å²) in [5.74, 6) is 0. The van der Waals surface area contributed by atoms with Gasteiger partial charge < -0.3 is 5.32 Å². The lowest BCUT2D eigenvalue weighted by Crippen LogP contribution is -2.13. The molecule has 1 N–H and O–H groups in total. The van der Waals surface area contributed by atoms with Gasteiger partial charge in [0.15, 0.2) is 0 Å². The molecule has 1 rings (SSSR count). The van der Waals surface area contributed by atoms with Crippen LogP contribution >= 0.6 is 0 Å². The summed E-state index contributed by atoms with van der Waals surface area (Å²) in [5.41, 5.74) is 1.20. The average molecular weight is 161 g/mol. The lowest BCUT2D eigenvalue weighted by atomic mass is 10.3. The average Bonchev–Trinajstić information content (AvgIpc) is 2.14. The van der Waals surface area contributed by atoms with E-state index >= 15 is 0 Å². The normalized spacial score (nSPS) is 9.25. The molecule has 1 heterocycles. The van der Waals surface area contributed by atoms with Crippen LogP contribution in [0.25, 0.3) is 0 Å². The summed E-state index contributed by atoms with van der Waals surface area (Å²) in [5, 5.41) is 11.4. The van der Waals surface area contributed by atoms with Crippen molar-refractivity contribution < 1.29 is 0 Å². The molecule has 1 aromatic heterocycles. The Bertz CT molecular complexity index is 250. The van der Waals surface area contributed by atoms with Gasteiger partial charge in [0, 0.05) is 31.9 Å². The zero-order valence-electron chi connectivity index (χ0n) is 6.83. The van der Waals surface area contributed by atoms with Gasteiger partial charge in [0.25, 0.3) is 0 Å². The van der Waals surface area contributed by atoms with Crippen LogP contribution in [0, 0.1) is 11.3 Å². The molecule has 0 saturated heterocycles. The van der Waals surface area contributed by atoms with Crippen molar-refractivity contribution in [3.05, 3.63) is 30.1 Å². The first-order chi connectivity index (χ1) is 5.93. The van der Waals surface area contributed by atoms with E-state index < -0.39 is 0 Å². The third-order valence-electron chi connectivity index (χ3n) is 1.49. The van der Waals surface area contributed by atoms with Crippen molar-refractivity contribution in [3.8, 4) is 6.07 Å². The predicted molar refractivity (Wildman–Crippen MR) is 46.2 cm³/mol. The maximum absolute atomic E-state index is 8.26. The van der Waals surface area contributed by atoms with Gasteiger partial charge in [-0.25, -0.2) is 0 Å². The van der Waals surface area contributed by atoms with E-state index in [1.807, 2.05) is 12.1 Å². The second kappa shape index (κ2) is 5.28. The maximum atomic E-state index is 8.26. The van der Waals surface area contributed by atoms with E-state index in [0.717, 1.165) is 13.1 Å². The summed E-state index contributed by atoms with van der Waals surface area (Å²) in [7, 11) is 0. The fourth-order valence-corrected chi connectivity index (χ4v) is 0.878. The van der Waals surface area contributed by atoms with Gasteiger partial charge in [-0.2, -0.15) is 5.26 Å². The van der Waals surface area contributed by atoms with Crippen LogP contribution in [0.2, 0.25) is 0 Å². The summed E-state index contributed by atoms with van der Waals surface area (Å²) in [4.78, 5) is 3.91. The number of pyridine rings is 1. The Morgan fingerprint density at radius 1 is 1.42 bits per heavy atom. The predicted octanol–water partition coefficient (Wildman–Crippen LogP) is 1.08. The molecule has 0 saturated carbocycles. The summed E-state index contributed by atoms with van der Waals surface area (Å²) in [6, 6.07) is 5.99. The first-order valence-electron chi connectivity index (χ1n) is 3.90. The minimum absolute atomic E-state index is 0.561. The Hall–Kier alpha value is -1.40. The smallest absolute Gasteiger partial charge is 0.0635 e. The topological polar surface area (TPSA) is 48.7 Å². The Kier molecular flexibility index (Phi) is 3.82. The molecule has 0 aromatic carbocycles. The molecule has 12 heavy (non-hydrogen) atoms. The van der Waals surface area contributed by atoms with Crippen LogP contribution in [-0.4, -0.2) is 11.5 Å². The zero-order chi connectivity index (χ0) is 8.65. The van der Waals surface area contributed by atoms with Crippen LogP contribution in [-0.2, 0) is 6.54 Å². The molecule has 0 radical (unpaired) electrons. The number of rotatable bonds is 4. The first kappa shape index (κ1) is 8.69. The van der Waals surface area contributed by atoms with Crippen molar-refractivity contribution in [3.63, 3.8) is 0 Å². The minimum Gasteiger partial charge on any atom is -0.312 e. The number of aromatic nitrogens is 1. The SMILES string of the molecule is N#CCCNCc1ccncc1. The van der Waals surface area contributed by atoms with Crippen molar-refractivity contribution in [2.75, 3.05) is 6.54 Å². The first-order valence-corrected chi connectivity index (χ1v) is 3.90. The molecule has 0 bridgehead atoms. The highest BCUT2D eigenvalue weighted by Crippen LogP contribution is 1.94. The lowest BCUT2D eigenvalue weighted by Gasteiger charge is -2.00. The van der Waals surface area contributed by atoms with Crippen LogP contribution in [0.1, 0.15) is 12.0 Å². The monoisotopic (exact) mass is 161 g/mol. The Labute approximate surface area is 72.1 Å². The number of nitrogens with one attached hydrogen (secondary N) is 1. The molecule has 0 fully saturated rings. The van der Waals surface area contributed by atoms with Crippen LogP contribution in [0.5, 0.6) is 0 Å². The van der Waals surface area contributed by atoms with E-state index in [-0.39, 0.29) is 0 Å². The van der Waals surface area contributed by atoms with Gasteiger partial charge in [-0.05, 0) is 17.7 Å². The van der Waals surface area contributed by atoms with E-state index in [2.05, 4.69) is 16.4 Å². The third-order valence-corrected chi connectivity index (χ3v) is 1.49. The molecule has 0 amide bonds. The number of nitrogens with zero attached hydrogens (tertiary/aromatic N) is 2. The largest absolute Gasteiger partial charge is 0.312 e. The summed E-state index contributed by atoms with van der Waals surface area (Å²) < 4.78 is 0. The Balaban J connectivity index is 2.21. The van der Waals surface area contributed by atoms with Crippen LogP contribution in [0.15, 0.2) is 24.5 Å². The van der Waals surface area contributed by atoms with Crippen LogP contribution < -0.4 is 5.32 Å². The fraction of sp³-hybridized carbons (Fsp3) is 0.333. The summed E-state index contributed by atoms with van der Waals surface area (Å²) in [6.07, 6.45) is 4.09. The second-order valence-electron chi connectivity index (χ2n) is 2.44. The highest BCUT2D eigenvalue weighted by molar-refractivity contribution is 5.08. The fourth-order valence-electron chi connectivity index (χ4n) is 0.878. The zero-order valence-corrected chi connectivity index (χ0v) is 6.83.